The molecule has 1 aliphatic rings. The van der Waals surface area contributed by atoms with Crippen LogP contribution in [-0.2, 0) is 17.8 Å². The standard InChI is InChI=1S/C47H42ClFN6O6S2/c1-3-63(58)32-9-6-8-29(23-32)44-50-16-15-31(53-44)26-60-36-10-5-4-7-28(36)24-38(47(56)57)61-45-41-40-34-13-14-37(59-22-21-55-19-17-54(2)18-20-55)42(48)39(34)35-25-30(49)11-12-33(35)43(40)62-46(41)52-27-51-45/h3-16,23,25,27,38,58H,17-22,24,26H2,1-2H3,(H,56,57)/t38-,63?/m1/s1. The topological polar surface area (TPSA) is 143 Å². The van der Waals surface area contributed by atoms with Gasteiger partial charge in [0.25, 0.3) is 0 Å². The van der Waals surface area contributed by atoms with Crippen LogP contribution in [0.2, 0.25) is 5.02 Å². The smallest absolute Gasteiger partial charge is 0.345 e. The number of aliphatic carboxylic acids is 1. The average molecular weight is 905 g/mol. The van der Waals surface area contributed by atoms with Gasteiger partial charge in [0.2, 0.25) is 12.0 Å². The van der Waals surface area contributed by atoms with Crippen LogP contribution in [0.4, 0.5) is 4.39 Å². The van der Waals surface area contributed by atoms with Gasteiger partial charge in [0.05, 0.1) is 16.1 Å². The highest BCUT2D eigenvalue weighted by Gasteiger charge is 2.27. The number of para-hydroxylation sites is 1. The first-order valence-electron chi connectivity index (χ1n) is 20.3. The molecule has 1 aliphatic heterocycles. The summed E-state index contributed by atoms with van der Waals surface area (Å²) in [6.45, 7) is 6.99. The number of carboxylic acid groups (broad SMARTS) is 1. The summed E-state index contributed by atoms with van der Waals surface area (Å²) in [5.74, 6) is -0.0824. The van der Waals surface area contributed by atoms with Crippen LogP contribution in [0.5, 0.6) is 17.4 Å². The fraction of sp³-hybridized carbons (Fsp3) is 0.234. The summed E-state index contributed by atoms with van der Waals surface area (Å²) in [6.07, 6.45) is 1.57. The zero-order chi connectivity index (χ0) is 43.6. The first-order valence-corrected chi connectivity index (χ1v) is 22.8. The second-order valence-electron chi connectivity index (χ2n) is 15.1. The van der Waals surface area contributed by atoms with Crippen LogP contribution in [0.25, 0.3) is 53.2 Å². The van der Waals surface area contributed by atoms with Crippen LogP contribution >= 0.6 is 33.7 Å². The molecule has 0 aliphatic carbocycles. The summed E-state index contributed by atoms with van der Waals surface area (Å²) >= 11 is 8.58. The van der Waals surface area contributed by atoms with E-state index < -0.39 is 28.7 Å². The molecule has 2 N–H and O–H groups in total. The number of likely N-dealkylation sites (N-methyl/N-ethyl adjacent to an activating group) is 1. The Morgan fingerprint density at radius 2 is 1.75 bits per heavy atom. The highest BCUT2D eigenvalue weighted by atomic mass is 35.5. The summed E-state index contributed by atoms with van der Waals surface area (Å²) < 4.78 is 45.0. The first-order chi connectivity index (χ1) is 30.6. The molecule has 0 bridgehead atoms. The Labute approximate surface area is 373 Å². The largest absolute Gasteiger partial charge is 0.491 e. The number of hydrogen-bond donors (Lipinski definition) is 2. The zero-order valence-electron chi connectivity index (χ0n) is 34.3. The zero-order valence-corrected chi connectivity index (χ0v) is 36.7. The molecule has 16 heteroatoms. The minimum Gasteiger partial charge on any atom is -0.491 e. The number of benzene rings is 5. The van der Waals surface area contributed by atoms with Gasteiger partial charge in [-0.15, -0.1) is 11.3 Å². The number of ether oxygens (including phenoxy) is 3. The highest BCUT2D eigenvalue weighted by Crippen LogP contribution is 2.49. The Balaban J connectivity index is 1.01. The lowest BCUT2D eigenvalue weighted by atomic mass is 9.97. The van der Waals surface area contributed by atoms with Crippen molar-refractivity contribution in [2.45, 2.75) is 31.0 Å². The van der Waals surface area contributed by atoms with E-state index in [0.717, 1.165) is 58.7 Å². The van der Waals surface area contributed by atoms with Crippen LogP contribution in [0.3, 0.4) is 0 Å². The van der Waals surface area contributed by atoms with Crippen molar-refractivity contribution >= 4 is 86.9 Å². The van der Waals surface area contributed by atoms with Crippen molar-refractivity contribution in [3.8, 4) is 28.8 Å². The second kappa shape index (κ2) is 18.5. The monoisotopic (exact) mass is 904 g/mol. The Kier molecular flexibility index (Phi) is 12.5. The molecule has 1 fully saturated rings. The number of hydrogen-bond acceptors (Lipinski definition) is 12. The van der Waals surface area contributed by atoms with Gasteiger partial charge < -0.3 is 28.8 Å². The van der Waals surface area contributed by atoms with E-state index in [9.17, 15) is 18.8 Å². The molecule has 0 radical (unpaired) electrons. The molecule has 12 nitrogen and oxygen atoms in total. The number of aromatic nitrogens is 4. The van der Waals surface area contributed by atoms with Crippen molar-refractivity contribution in [1.29, 1.82) is 0 Å². The van der Waals surface area contributed by atoms with Gasteiger partial charge in [-0.05, 0) is 95.0 Å². The molecule has 1 unspecified atom stereocenters. The maximum atomic E-state index is 15.0. The van der Waals surface area contributed by atoms with Crippen molar-refractivity contribution in [3.05, 3.63) is 120 Å². The van der Waals surface area contributed by atoms with Gasteiger partial charge in [-0.25, -0.2) is 29.1 Å². The van der Waals surface area contributed by atoms with Gasteiger partial charge >= 0.3 is 5.97 Å². The number of thiophene rings is 1. The summed E-state index contributed by atoms with van der Waals surface area (Å²) in [5.41, 5.74) is 1.96. The van der Waals surface area contributed by atoms with Crippen LogP contribution in [-0.4, -0.2) is 103 Å². The minimum absolute atomic E-state index is 0.0535. The molecular formula is C47H42ClFN6O6S2. The lowest BCUT2D eigenvalue weighted by molar-refractivity contribution is -0.145. The third-order valence-corrected chi connectivity index (χ3v) is 13.8. The molecule has 1 saturated heterocycles. The molecule has 0 amide bonds. The summed E-state index contributed by atoms with van der Waals surface area (Å²) in [6, 6.07) is 24.7. The number of halogens is 2. The first kappa shape index (κ1) is 42.5. The van der Waals surface area contributed by atoms with Crippen LogP contribution in [0.1, 0.15) is 18.2 Å². The summed E-state index contributed by atoms with van der Waals surface area (Å²) in [4.78, 5) is 37.2. The summed E-state index contributed by atoms with van der Waals surface area (Å²) in [5, 5.41) is 16.6. The molecule has 63 heavy (non-hydrogen) atoms. The van der Waals surface area contributed by atoms with Crippen LogP contribution < -0.4 is 14.2 Å². The predicted octanol–water partition coefficient (Wildman–Crippen LogP) is 9.60. The lowest BCUT2D eigenvalue weighted by Gasteiger charge is -2.32. The SMILES string of the molecule is CC=S(O)c1cccc(-c2nccc(COc3ccccc3C[C@@H](Oc3ncnc4sc5c6ccc(F)cc6c6c(Cl)c(OCCN7CCN(C)CC7)ccc6c5c34)C(=O)O)n2)c1. The Bertz CT molecular complexity index is 3050. The molecule has 2 atom stereocenters. The van der Waals surface area contributed by atoms with Crippen molar-refractivity contribution in [3.63, 3.8) is 0 Å². The number of carboxylic acids is 1. The number of carbonyl (C=O) groups is 1. The molecule has 0 saturated carbocycles. The van der Waals surface area contributed by atoms with Crippen molar-refractivity contribution in [2.75, 3.05) is 46.4 Å². The van der Waals surface area contributed by atoms with E-state index in [1.165, 1.54) is 29.8 Å². The second-order valence-corrected chi connectivity index (χ2v) is 18.1. The molecule has 4 heterocycles. The number of rotatable bonds is 14. The normalized spacial score (nSPS) is 14.7. The van der Waals surface area contributed by atoms with E-state index in [1.807, 2.05) is 48.5 Å². The van der Waals surface area contributed by atoms with Gasteiger partial charge in [0.1, 0.15) is 41.7 Å². The van der Waals surface area contributed by atoms with Crippen molar-refractivity contribution in [1.82, 2.24) is 29.7 Å². The lowest BCUT2D eigenvalue weighted by Crippen LogP contribution is -2.45. The van der Waals surface area contributed by atoms with E-state index in [1.54, 1.807) is 42.8 Å². The molecular weight excluding hydrogens is 863 g/mol. The quantitative estimate of drug-likeness (QED) is 0.0793. The number of piperazine rings is 1. The third-order valence-electron chi connectivity index (χ3n) is 11.1. The molecule has 3 aromatic heterocycles. The number of nitrogens with zero attached hydrogens (tertiary/aromatic N) is 6. The van der Waals surface area contributed by atoms with Gasteiger partial charge in [-0.1, -0.05) is 48.0 Å². The van der Waals surface area contributed by atoms with Crippen LogP contribution in [0.15, 0.2) is 102 Å². The van der Waals surface area contributed by atoms with E-state index in [4.69, 9.17) is 30.8 Å². The molecule has 0 spiro atoms. The van der Waals surface area contributed by atoms with Crippen molar-refractivity contribution < 1.29 is 33.1 Å². The third kappa shape index (κ3) is 8.90. The van der Waals surface area contributed by atoms with Crippen LogP contribution in [0, 0.1) is 5.82 Å². The Morgan fingerprint density at radius 3 is 2.57 bits per heavy atom. The fourth-order valence-electron chi connectivity index (χ4n) is 7.86. The maximum absolute atomic E-state index is 15.0. The molecule has 8 aromatic rings. The summed E-state index contributed by atoms with van der Waals surface area (Å²) in [7, 11) is 1.12. The fourth-order valence-corrected chi connectivity index (χ4v) is 10.1. The van der Waals surface area contributed by atoms with E-state index in [2.05, 4.69) is 31.8 Å². The van der Waals surface area contributed by atoms with E-state index in [-0.39, 0.29) is 18.9 Å². The van der Waals surface area contributed by atoms with Gasteiger partial charge in [0, 0.05) is 76.7 Å². The predicted molar refractivity (Wildman–Crippen MR) is 249 cm³/mol. The van der Waals surface area contributed by atoms with Crippen molar-refractivity contribution in [2.24, 2.45) is 0 Å². The average Bonchev–Trinajstić information content (AvgIpc) is 3.70. The van der Waals surface area contributed by atoms with Gasteiger partial charge in [-0.3, -0.25) is 4.90 Å². The Morgan fingerprint density at radius 1 is 0.921 bits per heavy atom. The molecule has 9 rings (SSSR count). The number of fused-ring (bicyclic) bond motifs is 8. The van der Waals surface area contributed by atoms with E-state index in [0.29, 0.717) is 66.6 Å². The highest BCUT2D eigenvalue weighted by molar-refractivity contribution is 8.10. The minimum atomic E-state index is -1.37. The van der Waals surface area contributed by atoms with Gasteiger partial charge in [-0.2, -0.15) is 0 Å². The van der Waals surface area contributed by atoms with E-state index >= 15 is 0 Å². The maximum Gasteiger partial charge on any atom is 0.345 e. The van der Waals surface area contributed by atoms with Gasteiger partial charge in [0.15, 0.2) is 5.82 Å². The molecule has 5 aromatic carbocycles. The Hall–Kier alpha value is -5.81. The molecule has 322 valence electrons.